The SMILES string of the molecule is CC(=O)O[C@@H]1C[C@H]2C(C)(C)C(=O)C=C[C@]2(C)[C@H]2CC[C@]3(C)C(=CC[C@H]3[C@H]3COC(C)(C)[C@@H](O)[C@H](O)C3)[C@@]21C. The fourth-order valence-electron chi connectivity index (χ4n) is 10.0. The van der Waals surface area contributed by atoms with Crippen molar-refractivity contribution in [2.24, 2.45) is 45.3 Å². The van der Waals surface area contributed by atoms with Gasteiger partial charge in [-0.25, -0.2) is 0 Å². The quantitative estimate of drug-likeness (QED) is 0.386. The van der Waals surface area contributed by atoms with Crippen molar-refractivity contribution in [2.45, 2.75) is 111 Å². The van der Waals surface area contributed by atoms with E-state index in [1.54, 1.807) is 6.08 Å². The predicted octanol–water partition coefficient (Wildman–Crippen LogP) is 5.02. The molecule has 4 aliphatic carbocycles. The monoisotopic (exact) mass is 528 g/mol. The number of ether oxygens (including phenoxy) is 2. The number of carbonyl (C=O) groups is 2. The van der Waals surface area contributed by atoms with Gasteiger partial charge >= 0.3 is 5.97 Å². The van der Waals surface area contributed by atoms with E-state index in [1.807, 2.05) is 13.8 Å². The molecule has 10 atom stereocenters. The third kappa shape index (κ3) is 3.76. The molecule has 2 N–H and O–H groups in total. The van der Waals surface area contributed by atoms with Crippen LogP contribution in [0.2, 0.25) is 0 Å². The minimum atomic E-state index is -0.921. The summed E-state index contributed by atoms with van der Waals surface area (Å²) in [5.74, 6) is 0.596. The summed E-state index contributed by atoms with van der Waals surface area (Å²) in [7, 11) is 0. The molecule has 0 aromatic rings. The Labute approximate surface area is 228 Å². The van der Waals surface area contributed by atoms with Crippen LogP contribution in [0.15, 0.2) is 23.8 Å². The number of aliphatic hydroxyl groups is 2. The molecule has 5 rings (SSSR count). The van der Waals surface area contributed by atoms with Crippen molar-refractivity contribution in [2.75, 3.05) is 6.61 Å². The zero-order chi connectivity index (χ0) is 28.1. The number of aliphatic hydroxyl groups excluding tert-OH is 2. The smallest absolute Gasteiger partial charge is 0.302 e. The standard InChI is InChI=1S/C32H48O6/c1-18(33)38-26-16-24-28(2,3)25(35)12-14-31(24,7)23-11-13-30(6)20(9-10-22(30)32(23,26)8)19-15-21(34)27(36)29(4,5)37-17-19/h10,12,14,19-21,23-24,26-27,34,36H,9,11,13,15-17H2,1-8H3/t19-,20+,21-,23-,24+,26-,27+,30+,31-,32+/m1/s1. The first-order chi connectivity index (χ1) is 17.5. The minimum Gasteiger partial charge on any atom is -0.462 e. The van der Waals surface area contributed by atoms with Crippen LogP contribution in [0.1, 0.15) is 87.5 Å². The van der Waals surface area contributed by atoms with E-state index < -0.39 is 23.2 Å². The number of carbonyl (C=O) groups excluding carboxylic acids is 2. The molecule has 0 aromatic heterocycles. The second-order valence-electron chi connectivity index (χ2n) is 14.8. The largest absolute Gasteiger partial charge is 0.462 e. The Morgan fingerprint density at radius 3 is 2.39 bits per heavy atom. The lowest BCUT2D eigenvalue weighted by Gasteiger charge is -2.66. The molecule has 1 aliphatic heterocycles. The van der Waals surface area contributed by atoms with Gasteiger partial charge in [0.15, 0.2) is 5.78 Å². The van der Waals surface area contributed by atoms with E-state index in [9.17, 15) is 19.8 Å². The summed E-state index contributed by atoms with van der Waals surface area (Å²) in [6.45, 7) is 16.8. The average molecular weight is 529 g/mol. The maximum absolute atomic E-state index is 13.0. The zero-order valence-corrected chi connectivity index (χ0v) is 24.5. The Morgan fingerprint density at radius 1 is 1.05 bits per heavy atom. The van der Waals surface area contributed by atoms with Gasteiger partial charge in [-0.15, -0.1) is 0 Å². The Bertz CT molecular complexity index is 1070. The van der Waals surface area contributed by atoms with E-state index in [2.05, 4.69) is 46.8 Å². The maximum atomic E-state index is 13.0. The fraction of sp³-hybridized carbons (Fsp3) is 0.812. The molecule has 0 bridgehead atoms. The Balaban J connectivity index is 1.54. The Morgan fingerprint density at radius 2 is 1.74 bits per heavy atom. The molecule has 0 aromatic carbocycles. The van der Waals surface area contributed by atoms with Gasteiger partial charge in [0.05, 0.1) is 18.3 Å². The highest BCUT2D eigenvalue weighted by Crippen LogP contribution is 2.72. The van der Waals surface area contributed by atoms with Crippen LogP contribution in [0.4, 0.5) is 0 Å². The summed E-state index contributed by atoms with van der Waals surface area (Å²) >= 11 is 0. The van der Waals surface area contributed by atoms with Gasteiger partial charge in [-0.3, -0.25) is 9.59 Å². The Hall–Kier alpha value is -1.50. The van der Waals surface area contributed by atoms with Gasteiger partial charge in [-0.1, -0.05) is 52.3 Å². The molecule has 0 amide bonds. The van der Waals surface area contributed by atoms with Crippen molar-refractivity contribution in [1.82, 2.24) is 0 Å². The molecule has 3 fully saturated rings. The minimum absolute atomic E-state index is 0.0891. The van der Waals surface area contributed by atoms with E-state index in [-0.39, 0.29) is 57.8 Å². The van der Waals surface area contributed by atoms with E-state index >= 15 is 0 Å². The van der Waals surface area contributed by atoms with Crippen molar-refractivity contribution in [1.29, 1.82) is 0 Å². The van der Waals surface area contributed by atoms with Crippen LogP contribution in [-0.2, 0) is 19.1 Å². The molecule has 6 nitrogen and oxygen atoms in total. The van der Waals surface area contributed by atoms with E-state index in [1.165, 1.54) is 12.5 Å². The highest BCUT2D eigenvalue weighted by Gasteiger charge is 2.68. The summed E-state index contributed by atoms with van der Waals surface area (Å²) in [5, 5.41) is 21.6. The van der Waals surface area contributed by atoms with Crippen LogP contribution < -0.4 is 0 Å². The molecule has 2 saturated carbocycles. The molecule has 212 valence electrons. The van der Waals surface area contributed by atoms with Crippen LogP contribution in [0.25, 0.3) is 0 Å². The lowest BCUT2D eigenvalue weighted by molar-refractivity contribution is -0.188. The van der Waals surface area contributed by atoms with Crippen molar-refractivity contribution < 1.29 is 29.3 Å². The van der Waals surface area contributed by atoms with Crippen LogP contribution in [-0.4, -0.2) is 52.5 Å². The first kappa shape index (κ1) is 28.0. The van der Waals surface area contributed by atoms with Crippen LogP contribution in [0.3, 0.4) is 0 Å². The number of fused-ring (bicyclic) bond motifs is 5. The summed E-state index contributed by atoms with van der Waals surface area (Å²) in [6, 6.07) is 0. The lowest BCUT2D eigenvalue weighted by Crippen LogP contribution is -2.64. The molecule has 6 heteroatoms. The van der Waals surface area contributed by atoms with Gasteiger partial charge in [-0.2, -0.15) is 0 Å². The highest BCUT2D eigenvalue weighted by molar-refractivity contribution is 5.95. The zero-order valence-electron chi connectivity index (χ0n) is 24.5. The molecule has 38 heavy (non-hydrogen) atoms. The second kappa shape index (κ2) is 8.75. The van der Waals surface area contributed by atoms with Crippen molar-refractivity contribution in [3.05, 3.63) is 23.8 Å². The molecule has 1 heterocycles. The van der Waals surface area contributed by atoms with Gasteiger partial charge in [0.2, 0.25) is 0 Å². The van der Waals surface area contributed by atoms with Crippen LogP contribution in [0.5, 0.6) is 0 Å². The topological polar surface area (TPSA) is 93.1 Å². The predicted molar refractivity (Wildman–Crippen MR) is 145 cm³/mol. The van der Waals surface area contributed by atoms with Gasteiger partial charge in [-0.05, 0) is 86.5 Å². The number of hydrogen-bond acceptors (Lipinski definition) is 6. The molecule has 0 unspecified atom stereocenters. The fourth-order valence-corrected chi connectivity index (χ4v) is 10.0. The summed E-state index contributed by atoms with van der Waals surface area (Å²) < 4.78 is 12.4. The van der Waals surface area contributed by atoms with Crippen LogP contribution in [0, 0.1) is 45.3 Å². The maximum Gasteiger partial charge on any atom is 0.302 e. The van der Waals surface area contributed by atoms with Gasteiger partial charge < -0.3 is 19.7 Å². The first-order valence-corrected chi connectivity index (χ1v) is 14.6. The average Bonchev–Trinajstić information content (AvgIpc) is 3.13. The van der Waals surface area contributed by atoms with E-state index in [0.29, 0.717) is 19.4 Å². The summed E-state index contributed by atoms with van der Waals surface area (Å²) in [6.07, 6.45) is 8.37. The van der Waals surface area contributed by atoms with Crippen molar-refractivity contribution in [3.8, 4) is 0 Å². The second-order valence-corrected chi connectivity index (χ2v) is 14.8. The summed E-state index contributed by atoms with van der Waals surface area (Å²) in [5.41, 5.74) is -0.597. The molecule has 5 aliphatic rings. The molecular formula is C32H48O6. The van der Waals surface area contributed by atoms with Gasteiger partial charge in [0, 0.05) is 17.8 Å². The molecule has 0 radical (unpaired) electrons. The molecule has 0 spiro atoms. The Kier molecular flexibility index (Phi) is 6.46. The third-order valence-electron chi connectivity index (χ3n) is 12.2. The molecule has 1 saturated heterocycles. The normalized spacial score (nSPS) is 49.3. The van der Waals surface area contributed by atoms with Crippen molar-refractivity contribution in [3.63, 3.8) is 0 Å². The van der Waals surface area contributed by atoms with Gasteiger partial charge in [0.25, 0.3) is 0 Å². The van der Waals surface area contributed by atoms with Crippen LogP contribution >= 0.6 is 0 Å². The van der Waals surface area contributed by atoms with E-state index in [0.717, 1.165) is 19.3 Å². The van der Waals surface area contributed by atoms with E-state index in [4.69, 9.17) is 9.47 Å². The molecular weight excluding hydrogens is 480 g/mol. The number of esters is 1. The van der Waals surface area contributed by atoms with Crippen molar-refractivity contribution >= 4 is 11.8 Å². The number of rotatable bonds is 2. The summed E-state index contributed by atoms with van der Waals surface area (Å²) in [4.78, 5) is 25.5. The highest BCUT2D eigenvalue weighted by atomic mass is 16.5. The number of allylic oxidation sites excluding steroid dienone is 3. The number of hydrogen-bond donors (Lipinski definition) is 2. The third-order valence-corrected chi connectivity index (χ3v) is 12.2. The first-order valence-electron chi connectivity index (χ1n) is 14.6. The lowest BCUT2D eigenvalue weighted by atomic mass is 9.38. The number of ketones is 1. The van der Waals surface area contributed by atoms with Gasteiger partial charge in [0.1, 0.15) is 12.2 Å².